The lowest BCUT2D eigenvalue weighted by Gasteiger charge is -2.44. The predicted molar refractivity (Wildman–Crippen MR) is 179 cm³/mol. The van der Waals surface area contributed by atoms with Crippen LogP contribution in [-0.2, 0) is 30.2 Å². The molecule has 2 aromatic rings. The Kier molecular flexibility index (Phi) is 10.4. The van der Waals surface area contributed by atoms with Crippen LogP contribution in [0.4, 0.5) is 14.9 Å². The van der Waals surface area contributed by atoms with Gasteiger partial charge in [0.25, 0.3) is 0 Å². The summed E-state index contributed by atoms with van der Waals surface area (Å²) >= 11 is 0. The molecule has 1 unspecified atom stereocenters. The van der Waals surface area contributed by atoms with Gasteiger partial charge in [0.15, 0.2) is 0 Å². The van der Waals surface area contributed by atoms with Crippen molar-refractivity contribution in [3.8, 4) is 0 Å². The maximum Gasteiger partial charge on any atom is 0.325 e. The molecule has 11 heteroatoms. The number of urea groups is 1. The topological polar surface area (TPSA) is 99.6 Å². The number of sulfonamides is 1. The van der Waals surface area contributed by atoms with Gasteiger partial charge >= 0.3 is 6.03 Å². The highest BCUT2D eigenvalue weighted by Gasteiger charge is 2.46. The van der Waals surface area contributed by atoms with Gasteiger partial charge in [0.2, 0.25) is 10.0 Å². The minimum atomic E-state index is -3.90. The van der Waals surface area contributed by atoms with E-state index in [0.717, 1.165) is 29.7 Å². The molecule has 2 N–H and O–H groups in total. The number of halogens is 1. The third kappa shape index (κ3) is 7.96. The predicted octanol–water partition coefficient (Wildman–Crippen LogP) is 6.72. The largest absolute Gasteiger partial charge is 0.325 e. The molecule has 1 spiro atoms. The Balaban J connectivity index is 1.19. The van der Waals surface area contributed by atoms with E-state index in [1.807, 2.05) is 18.1 Å². The van der Waals surface area contributed by atoms with E-state index >= 15 is 0 Å². The number of aromatic nitrogens is 2. The molecule has 1 aromatic heterocycles. The minimum Gasteiger partial charge on any atom is -0.316 e. The number of piperidine rings is 1. The van der Waals surface area contributed by atoms with Crippen molar-refractivity contribution < 1.29 is 17.6 Å². The summed E-state index contributed by atoms with van der Waals surface area (Å²) in [4.78, 5) is 17.8. The van der Waals surface area contributed by atoms with Crippen molar-refractivity contribution >= 4 is 21.7 Å². The molecule has 3 heterocycles. The van der Waals surface area contributed by atoms with E-state index in [0.29, 0.717) is 38.5 Å². The lowest BCUT2D eigenvalue weighted by molar-refractivity contribution is 0.163. The van der Waals surface area contributed by atoms with Gasteiger partial charge in [0, 0.05) is 43.5 Å². The third-order valence-corrected chi connectivity index (χ3v) is 12.4. The van der Waals surface area contributed by atoms with Crippen LogP contribution < -0.4 is 14.9 Å². The zero-order chi connectivity index (χ0) is 32.2. The molecule has 4 aliphatic rings. The Bertz CT molecular complexity index is 1450. The highest BCUT2D eigenvalue weighted by molar-refractivity contribution is 7.89. The first-order valence-electron chi connectivity index (χ1n) is 17.7. The molecule has 3 fully saturated rings. The fourth-order valence-corrected chi connectivity index (χ4v) is 9.48. The van der Waals surface area contributed by atoms with Crippen LogP contribution in [0.1, 0.15) is 120 Å². The molecule has 2 aliphatic heterocycles. The number of carbonyl (C=O) groups is 1. The van der Waals surface area contributed by atoms with Crippen molar-refractivity contribution in [2.24, 2.45) is 7.05 Å². The number of nitrogens with one attached hydrogen (secondary N) is 2. The number of hydrogen-bond acceptors (Lipinski definition) is 5. The van der Waals surface area contributed by atoms with E-state index in [1.54, 1.807) is 34.0 Å². The Morgan fingerprint density at radius 1 is 0.978 bits per heavy atom. The van der Waals surface area contributed by atoms with E-state index in [9.17, 15) is 17.6 Å². The van der Waals surface area contributed by atoms with E-state index in [4.69, 9.17) is 0 Å². The highest BCUT2D eigenvalue weighted by atomic mass is 32.2. The molecule has 0 radical (unpaired) electrons. The Morgan fingerprint density at radius 2 is 1.65 bits per heavy atom. The third-order valence-electron chi connectivity index (χ3n) is 10.8. The first-order valence-corrected chi connectivity index (χ1v) is 19.2. The van der Waals surface area contributed by atoms with Crippen molar-refractivity contribution in [3.63, 3.8) is 0 Å². The number of rotatable bonds is 9. The first kappa shape index (κ1) is 33.4. The summed E-state index contributed by atoms with van der Waals surface area (Å²) in [5.74, 6) is 0. The molecule has 9 nitrogen and oxygen atoms in total. The molecule has 254 valence electrons. The minimum absolute atomic E-state index is 0.0732. The van der Waals surface area contributed by atoms with Crippen LogP contribution in [0.25, 0.3) is 0 Å². The summed E-state index contributed by atoms with van der Waals surface area (Å²) in [6, 6.07) is 5.26. The van der Waals surface area contributed by atoms with Crippen LogP contribution in [0.15, 0.2) is 35.5 Å². The monoisotopic (exact) mass is 656 g/mol. The second kappa shape index (κ2) is 14.3. The van der Waals surface area contributed by atoms with E-state index < -0.39 is 22.2 Å². The molecule has 2 amide bonds. The summed E-state index contributed by atoms with van der Waals surface area (Å²) in [5, 5.41) is 8.41. The average molecular weight is 657 g/mol. The zero-order valence-corrected chi connectivity index (χ0v) is 28.4. The number of carbonyl (C=O) groups excluding carboxylic acids is 1. The van der Waals surface area contributed by atoms with Gasteiger partial charge in [0.1, 0.15) is 6.67 Å². The zero-order valence-electron chi connectivity index (χ0n) is 27.6. The fourth-order valence-electron chi connectivity index (χ4n) is 7.99. The van der Waals surface area contributed by atoms with Crippen LogP contribution in [-0.4, -0.2) is 59.5 Å². The van der Waals surface area contributed by atoms with Gasteiger partial charge in [-0.05, 0) is 68.7 Å². The molecule has 46 heavy (non-hydrogen) atoms. The number of nitrogens with zero attached hydrogens (tertiary/aromatic N) is 4. The number of anilines is 1. The van der Waals surface area contributed by atoms with Gasteiger partial charge in [-0.3, -0.25) is 9.58 Å². The van der Waals surface area contributed by atoms with Crippen molar-refractivity contribution in [1.82, 2.24) is 24.7 Å². The van der Waals surface area contributed by atoms with Crippen molar-refractivity contribution in [1.29, 1.82) is 0 Å². The number of hydrogen-bond donors (Lipinski definition) is 2. The Hall–Kier alpha value is -2.50. The molecule has 6 rings (SSSR count). The number of aryl methyl sites for hydroxylation is 1. The van der Waals surface area contributed by atoms with Crippen molar-refractivity contribution in [3.05, 3.63) is 41.7 Å². The normalized spacial score (nSPS) is 23.9. The highest BCUT2D eigenvalue weighted by Crippen LogP contribution is 2.39. The van der Waals surface area contributed by atoms with Crippen LogP contribution in [0.3, 0.4) is 0 Å². The summed E-state index contributed by atoms with van der Waals surface area (Å²) in [6.07, 6.45) is 23.6. The molecule has 1 saturated heterocycles. The molecule has 2 aliphatic carbocycles. The number of fused-ring (bicyclic) bond motifs is 1. The second-order valence-corrected chi connectivity index (χ2v) is 16.3. The number of alkyl halides is 1. The molecule has 0 bridgehead atoms. The Labute approximate surface area is 274 Å². The number of benzene rings is 1. The fraction of sp³-hybridized carbons (Fsp3) is 0.714. The summed E-state index contributed by atoms with van der Waals surface area (Å²) in [5.41, 5.74) is 1.69. The van der Waals surface area contributed by atoms with Gasteiger partial charge in [-0.2, -0.15) is 5.10 Å². The van der Waals surface area contributed by atoms with Crippen molar-refractivity contribution in [2.75, 3.05) is 18.1 Å². The van der Waals surface area contributed by atoms with Crippen LogP contribution in [0.2, 0.25) is 0 Å². The van der Waals surface area contributed by atoms with E-state index in [2.05, 4.69) is 15.1 Å². The van der Waals surface area contributed by atoms with Crippen LogP contribution in [0.5, 0.6) is 0 Å². The van der Waals surface area contributed by atoms with Gasteiger partial charge in [0.05, 0.1) is 28.9 Å². The lowest BCUT2D eigenvalue weighted by Crippen LogP contribution is -2.55. The average Bonchev–Trinajstić information content (AvgIpc) is 3.68. The summed E-state index contributed by atoms with van der Waals surface area (Å²) < 4.78 is 44.4. The maximum absolute atomic E-state index is 14.0. The molecule has 2 saturated carbocycles. The standard InChI is InChI=1S/C35H53FN6O3S/c1-40-24-28(23-37-40)25-41-26-29-22-31(46(44,45)39-35(27-36)19-20-35)13-14-32(29)42(33(41)43)21-15-30-12-11-18-34(38-30)16-9-7-5-3-2-4-6-8-10-17-34/h13-14,22-24,30,38-39H,2-12,15-21,25-27H2,1H3. The summed E-state index contributed by atoms with van der Waals surface area (Å²) in [6.45, 7) is 0.517. The lowest BCUT2D eigenvalue weighted by atomic mass is 9.77. The van der Waals surface area contributed by atoms with E-state index in [1.165, 1.54) is 83.5 Å². The smallest absolute Gasteiger partial charge is 0.316 e. The van der Waals surface area contributed by atoms with Gasteiger partial charge < -0.3 is 10.2 Å². The summed E-state index contributed by atoms with van der Waals surface area (Å²) in [7, 11) is -2.05. The Morgan fingerprint density at radius 3 is 2.28 bits per heavy atom. The molecule has 1 atom stereocenters. The molecule has 1 aromatic carbocycles. The second-order valence-electron chi connectivity index (χ2n) is 14.6. The van der Waals surface area contributed by atoms with Gasteiger partial charge in [-0.15, -0.1) is 0 Å². The van der Waals surface area contributed by atoms with Crippen molar-refractivity contribution in [2.45, 2.75) is 144 Å². The molecular weight excluding hydrogens is 603 g/mol. The van der Waals surface area contributed by atoms with Gasteiger partial charge in [-0.1, -0.05) is 64.2 Å². The van der Waals surface area contributed by atoms with Crippen LogP contribution >= 0.6 is 0 Å². The first-order chi connectivity index (χ1) is 22.2. The quantitative estimate of drug-likeness (QED) is 0.312. The number of amides is 2. The van der Waals surface area contributed by atoms with Gasteiger partial charge in [-0.25, -0.2) is 22.3 Å². The maximum atomic E-state index is 14.0. The van der Waals surface area contributed by atoms with E-state index in [-0.39, 0.29) is 16.5 Å². The SMILES string of the molecule is Cn1cc(CN2Cc3cc(S(=O)(=O)NC4(CF)CC4)ccc3N(CCC3CCCC4(CCCCCCCCCCC4)N3)C2=O)cn1. The van der Waals surface area contributed by atoms with Crippen LogP contribution in [0, 0.1) is 0 Å². The molecular formula is C35H53FN6O3S.